The summed E-state index contributed by atoms with van der Waals surface area (Å²) in [6, 6.07) is 0. The lowest BCUT2D eigenvalue weighted by Crippen LogP contribution is -2.37. The maximum atomic E-state index is 13.6. The van der Waals surface area contributed by atoms with E-state index in [0.717, 1.165) is 12.6 Å². The molecule has 1 aromatic heterocycles. The van der Waals surface area contributed by atoms with Crippen LogP contribution in [0.4, 0.5) is 10.2 Å². The van der Waals surface area contributed by atoms with Crippen molar-refractivity contribution in [1.29, 1.82) is 0 Å². The number of halogens is 1. The van der Waals surface area contributed by atoms with Gasteiger partial charge in [0.15, 0.2) is 11.6 Å². The van der Waals surface area contributed by atoms with Crippen LogP contribution in [0.25, 0.3) is 0 Å². The van der Waals surface area contributed by atoms with E-state index in [-0.39, 0.29) is 11.4 Å². The molecule has 1 aliphatic heterocycles. The molecule has 1 saturated carbocycles. The molecule has 6 heteroatoms. The van der Waals surface area contributed by atoms with Gasteiger partial charge in [-0.05, 0) is 37.5 Å². The van der Waals surface area contributed by atoms with Crippen molar-refractivity contribution in [3.63, 3.8) is 0 Å². The van der Waals surface area contributed by atoms with Gasteiger partial charge in [-0.3, -0.25) is 4.57 Å². The van der Waals surface area contributed by atoms with Crippen molar-refractivity contribution in [2.24, 2.45) is 11.8 Å². The van der Waals surface area contributed by atoms with E-state index >= 15 is 0 Å². The normalized spacial score (nSPS) is 33.5. The van der Waals surface area contributed by atoms with Gasteiger partial charge in [-0.1, -0.05) is 13.8 Å². The molecule has 0 amide bonds. The molecular formula is C14H20FN3O2. The largest absolute Gasteiger partial charge is 0.381 e. The van der Waals surface area contributed by atoms with E-state index in [2.05, 4.69) is 18.8 Å². The lowest BCUT2D eigenvalue weighted by atomic mass is 9.82. The molecular weight excluding hydrogens is 261 g/mol. The fourth-order valence-corrected chi connectivity index (χ4v) is 3.54. The van der Waals surface area contributed by atoms with Gasteiger partial charge in [0.1, 0.15) is 6.23 Å². The monoisotopic (exact) mass is 281 g/mol. The molecule has 1 aromatic rings. The second kappa shape index (κ2) is 4.55. The van der Waals surface area contributed by atoms with E-state index < -0.39 is 17.7 Å². The number of anilines is 1. The molecule has 0 aromatic carbocycles. The van der Waals surface area contributed by atoms with Crippen LogP contribution in [0.2, 0.25) is 0 Å². The summed E-state index contributed by atoms with van der Waals surface area (Å²) >= 11 is 0. The van der Waals surface area contributed by atoms with Crippen LogP contribution in [-0.4, -0.2) is 15.2 Å². The third-order valence-corrected chi connectivity index (χ3v) is 4.81. The lowest BCUT2D eigenvalue weighted by Gasteiger charge is -2.32. The molecule has 0 bridgehead atoms. The van der Waals surface area contributed by atoms with Crippen LogP contribution < -0.4 is 11.4 Å². The predicted octanol–water partition coefficient (Wildman–Crippen LogP) is 2.08. The highest BCUT2D eigenvalue weighted by Gasteiger charge is 2.54. The molecule has 2 aliphatic rings. The Morgan fingerprint density at radius 1 is 1.60 bits per heavy atom. The third-order valence-electron chi connectivity index (χ3n) is 4.81. The fourth-order valence-electron chi connectivity index (χ4n) is 3.54. The van der Waals surface area contributed by atoms with Crippen LogP contribution in [0.3, 0.4) is 0 Å². The molecule has 2 fully saturated rings. The number of hydrogen-bond donors (Lipinski definition) is 1. The predicted molar refractivity (Wildman–Crippen MR) is 72.5 cm³/mol. The fraction of sp³-hybridized carbons (Fsp3) is 0.714. The molecule has 0 spiro atoms. The molecule has 0 unspecified atom stereocenters. The topological polar surface area (TPSA) is 70.1 Å². The van der Waals surface area contributed by atoms with Gasteiger partial charge >= 0.3 is 5.69 Å². The molecule has 1 aliphatic carbocycles. The van der Waals surface area contributed by atoms with Crippen molar-refractivity contribution in [2.75, 3.05) is 5.73 Å². The zero-order valence-electron chi connectivity index (χ0n) is 11.8. The molecule has 0 radical (unpaired) electrons. The van der Waals surface area contributed by atoms with Gasteiger partial charge in [-0.25, -0.2) is 9.18 Å². The minimum absolute atomic E-state index is 0.179. The Morgan fingerprint density at radius 2 is 2.30 bits per heavy atom. The quantitative estimate of drug-likeness (QED) is 0.921. The summed E-state index contributed by atoms with van der Waals surface area (Å²) in [5.41, 5.74) is 4.58. The van der Waals surface area contributed by atoms with Gasteiger partial charge in [-0.15, -0.1) is 0 Å². The molecule has 20 heavy (non-hydrogen) atoms. The third kappa shape index (κ3) is 1.93. The van der Waals surface area contributed by atoms with E-state index in [1.807, 2.05) is 0 Å². The molecule has 1 saturated heterocycles. The van der Waals surface area contributed by atoms with E-state index in [9.17, 15) is 9.18 Å². The van der Waals surface area contributed by atoms with Crippen molar-refractivity contribution in [1.82, 2.24) is 9.55 Å². The van der Waals surface area contributed by atoms with Crippen LogP contribution in [0.1, 0.15) is 45.8 Å². The van der Waals surface area contributed by atoms with Gasteiger partial charge in [0, 0.05) is 0 Å². The smallest absolute Gasteiger partial charge is 0.351 e. The Kier molecular flexibility index (Phi) is 3.08. The summed E-state index contributed by atoms with van der Waals surface area (Å²) in [6.45, 7) is 4.26. The molecule has 3 rings (SSSR count). The minimum atomic E-state index is -0.679. The first-order valence-electron chi connectivity index (χ1n) is 7.20. The first-order valence-corrected chi connectivity index (χ1v) is 7.20. The van der Waals surface area contributed by atoms with Crippen LogP contribution >= 0.6 is 0 Å². The highest BCUT2D eigenvalue weighted by molar-refractivity contribution is 5.26. The van der Waals surface area contributed by atoms with Gasteiger partial charge < -0.3 is 10.5 Å². The number of nitrogens with two attached hydrogens (primary N) is 1. The van der Waals surface area contributed by atoms with E-state index in [1.165, 1.54) is 17.4 Å². The first kappa shape index (κ1) is 13.5. The molecule has 3 atom stereocenters. The van der Waals surface area contributed by atoms with E-state index in [4.69, 9.17) is 10.5 Å². The van der Waals surface area contributed by atoms with Gasteiger partial charge in [-0.2, -0.15) is 4.98 Å². The van der Waals surface area contributed by atoms with Gasteiger partial charge in [0.05, 0.1) is 11.8 Å². The van der Waals surface area contributed by atoms with Crippen LogP contribution in [-0.2, 0) is 4.74 Å². The SMILES string of the molecule is CC[C@@]1(C2CC2)O[C@@H](n2cc(F)c(N)nc2=O)C[C@@H]1C. The van der Waals surface area contributed by atoms with Gasteiger partial charge in [0.2, 0.25) is 0 Å². The zero-order chi connectivity index (χ0) is 14.5. The van der Waals surface area contributed by atoms with E-state index in [1.54, 1.807) is 0 Å². The van der Waals surface area contributed by atoms with Crippen LogP contribution in [0.5, 0.6) is 0 Å². The first-order chi connectivity index (χ1) is 9.48. The molecule has 2 heterocycles. The second-order valence-corrected chi connectivity index (χ2v) is 5.96. The van der Waals surface area contributed by atoms with Crippen molar-refractivity contribution >= 4 is 5.82 Å². The summed E-state index contributed by atoms with van der Waals surface area (Å²) in [4.78, 5) is 15.4. The van der Waals surface area contributed by atoms with Crippen LogP contribution in [0, 0.1) is 17.7 Å². The Morgan fingerprint density at radius 3 is 2.90 bits per heavy atom. The molecule has 110 valence electrons. The molecule has 5 nitrogen and oxygen atoms in total. The summed E-state index contributed by atoms with van der Waals surface area (Å²) < 4.78 is 21.0. The van der Waals surface area contributed by atoms with Crippen molar-refractivity contribution in [3.05, 3.63) is 22.5 Å². The number of nitrogen functional groups attached to an aromatic ring is 1. The van der Waals surface area contributed by atoms with Crippen molar-refractivity contribution in [2.45, 2.75) is 51.4 Å². The van der Waals surface area contributed by atoms with E-state index in [0.29, 0.717) is 18.3 Å². The second-order valence-electron chi connectivity index (χ2n) is 5.96. The van der Waals surface area contributed by atoms with Crippen molar-refractivity contribution in [3.8, 4) is 0 Å². The van der Waals surface area contributed by atoms with Gasteiger partial charge in [0.25, 0.3) is 0 Å². The van der Waals surface area contributed by atoms with Crippen LogP contribution in [0.15, 0.2) is 11.0 Å². The Hall–Kier alpha value is -1.43. The maximum Gasteiger partial charge on any atom is 0.351 e. The highest BCUT2D eigenvalue weighted by atomic mass is 19.1. The summed E-state index contributed by atoms with van der Waals surface area (Å²) in [6.07, 6.45) is 4.63. The minimum Gasteiger partial charge on any atom is -0.381 e. The summed E-state index contributed by atoms with van der Waals surface area (Å²) in [5, 5.41) is 0. The number of rotatable bonds is 3. The average Bonchev–Trinajstić information content (AvgIpc) is 3.19. The molecule has 2 N–H and O–H groups in total. The average molecular weight is 281 g/mol. The number of hydrogen-bond acceptors (Lipinski definition) is 4. The Balaban J connectivity index is 1.93. The number of aromatic nitrogens is 2. The number of ether oxygens (including phenoxy) is 1. The Bertz CT molecular complexity index is 584. The summed E-state index contributed by atoms with van der Waals surface area (Å²) in [5.74, 6) is -0.130. The summed E-state index contributed by atoms with van der Waals surface area (Å²) in [7, 11) is 0. The lowest BCUT2D eigenvalue weighted by molar-refractivity contribution is -0.101. The standard InChI is InChI=1S/C14H20FN3O2/c1-3-14(9-4-5-9)8(2)6-11(20-14)18-7-10(15)12(16)17-13(18)19/h7-9,11H,3-6H2,1-2H3,(H2,16,17,19)/t8-,11+,14+/m0/s1. The van der Waals surface area contributed by atoms with Crippen molar-refractivity contribution < 1.29 is 9.13 Å². The maximum absolute atomic E-state index is 13.6. The Labute approximate surface area is 116 Å². The highest BCUT2D eigenvalue weighted by Crippen LogP contribution is 2.55. The zero-order valence-corrected chi connectivity index (χ0v) is 11.8. The number of nitrogens with zero attached hydrogens (tertiary/aromatic N) is 2.